The van der Waals surface area contributed by atoms with E-state index in [1.54, 1.807) is 0 Å². The van der Waals surface area contributed by atoms with Crippen molar-refractivity contribution in [2.24, 2.45) is 5.73 Å². The second kappa shape index (κ2) is 8.54. The van der Waals surface area contributed by atoms with E-state index in [0.29, 0.717) is 6.54 Å². The van der Waals surface area contributed by atoms with Gasteiger partial charge < -0.3 is 10.6 Å². The molecular formula is C15H26ClN3. The van der Waals surface area contributed by atoms with Crippen molar-refractivity contribution in [3.63, 3.8) is 0 Å². The number of hydrogen-bond acceptors (Lipinski definition) is 3. The van der Waals surface area contributed by atoms with Crippen molar-refractivity contribution in [2.45, 2.75) is 19.4 Å². The van der Waals surface area contributed by atoms with Crippen LogP contribution in [0.25, 0.3) is 0 Å². The summed E-state index contributed by atoms with van der Waals surface area (Å²) in [6, 6.07) is 8.31. The van der Waals surface area contributed by atoms with Crippen LogP contribution in [0.2, 0.25) is 5.02 Å². The first-order valence-corrected chi connectivity index (χ1v) is 7.30. The molecule has 0 fully saturated rings. The molecule has 0 bridgehead atoms. The fraction of sp³-hybridized carbons (Fsp3) is 0.600. The topological polar surface area (TPSA) is 32.5 Å². The smallest absolute Gasteiger partial charge is 0.0470 e. The van der Waals surface area contributed by atoms with Crippen LogP contribution >= 0.6 is 11.6 Å². The molecule has 0 spiro atoms. The maximum atomic E-state index is 5.97. The normalized spacial score (nSPS) is 13.2. The summed E-state index contributed by atoms with van der Waals surface area (Å²) >= 11 is 5.94. The van der Waals surface area contributed by atoms with Gasteiger partial charge in [0.1, 0.15) is 0 Å². The van der Waals surface area contributed by atoms with Crippen LogP contribution in [0.3, 0.4) is 0 Å². The first-order valence-electron chi connectivity index (χ1n) is 6.92. The van der Waals surface area contributed by atoms with E-state index in [2.05, 4.69) is 43.0 Å². The third kappa shape index (κ3) is 5.49. The fourth-order valence-corrected chi connectivity index (χ4v) is 2.43. The highest BCUT2D eigenvalue weighted by atomic mass is 35.5. The molecule has 0 heterocycles. The van der Waals surface area contributed by atoms with Crippen LogP contribution in [0, 0.1) is 0 Å². The zero-order valence-electron chi connectivity index (χ0n) is 12.3. The molecule has 0 aliphatic carbocycles. The lowest BCUT2D eigenvalue weighted by molar-refractivity contribution is 0.201. The van der Waals surface area contributed by atoms with Gasteiger partial charge in [-0.1, -0.05) is 30.7 Å². The first-order chi connectivity index (χ1) is 9.08. The molecule has 2 N–H and O–H groups in total. The van der Waals surface area contributed by atoms with E-state index in [4.69, 9.17) is 17.3 Å². The average molecular weight is 284 g/mol. The van der Waals surface area contributed by atoms with Gasteiger partial charge in [-0.15, -0.1) is 0 Å². The van der Waals surface area contributed by atoms with E-state index < -0.39 is 0 Å². The minimum Gasteiger partial charge on any atom is -0.329 e. The predicted octanol–water partition coefficient (Wildman–Crippen LogP) is 2.61. The predicted molar refractivity (Wildman–Crippen MR) is 83.7 cm³/mol. The molecule has 1 unspecified atom stereocenters. The molecule has 1 aromatic carbocycles. The molecule has 0 aromatic heterocycles. The van der Waals surface area contributed by atoms with Gasteiger partial charge in [0.2, 0.25) is 0 Å². The van der Waals surface area contributed by atoms with Crippen molar-refractivity contribution < 1.29 is 0 Å². The van der Waals surface area contributed by atoms with Crippen LogP contribution in [0.4, 0.5) is 0 Å². The number of rotatable bonds is 8. The Hall–Kier alpha value is -0.610. The third-order valence-electron chi connectivity index (χ3n) is 3.38. The molecule has 108 valence electrons. The Balaban J connectivity index is 2.66. The molecule has 1 aromatic rings. The molecular weight excluding hydrogens is 258 g/mol. The van der Waals surface area contributed by atoms with Crippen molar-refractivity contribution in [2.75, 3.05) is 40.3 Å². The Bertz CT molecular complexity index is 351. The van der Waals surface area contributed by atoms with Gasteiger partial charge in [-0.2, -0.15) is 0 Å². The molecule has 3 nitrogen and oxygen atoms in total. The van der Waals surface area contributed by atoms with Crippen LogP contribution < -0.4 is 5.73 Å². The summed E-state index contributed by atoms with van der Waals surface area (Å²) in [5.74, 6) is 0. The van der Waals surface area contributed by atoms with Gasteiger partial charge in [-0.05, 0) is 51.3 Å². The molecule has 0 aliphatic rings. The van der Waals surface area contributed by atoms with E-state index >= 15 is 0 Å². The summed E-state index contributed by atoms with van der Waals surface area (Å²) in [5.41, 5.74) is 7.21. The Morgan fingerprint density at radius 1 is 1.16 bits per heavy atom. The summed E-state index contributed by atoms with van der Waals surface area (Å²) in [6.07, 6.45) is 1.16. The number of nitrogens with two attached hydrogens (primary N) is 1. The molecule has 1 atom stereocenters. The van der Waals surface area contributed by atoms with Gasteiger partial charge in [-0.25, -0.2) is 0 Å². The Morgan fingerprint density at radius 2 is 1.79 bits per heavy atom. The average Bonchev–Trinajstić information content (AvgIpc) is 2.39. The molecule has 0 saturated heterocycles. The second-order valence-corrected chi connectivity index (χ2v) is 5.52. The summed E-state index contributed by atoms with van der Waals surface area (Å²) in [7, 11) is 4.21. The monoisotopic (exact) mass is 283 g/mol. The van der Waals surface area contributed by atoms with Gasteiger partial charge in [0.15, 0.2) is 0 Å². The zero-order valence-corrected chi connectivity index (χ0v) is 13.0. The zero-order chi connectivity index (χ0) is 14.3. The minimum atomic E-state index is 0.282. The van der Waals surface area contributed by atoms with Crippen LogP contribution in [0.5, 0.6) is 0 Å². The summed E-state index contributed by atoms with van der Waals surface area (Å²) in [5, 5.41) is 0.773. The minimum absolute atomic E-state index is 0.282. The molecule has 4 heteroatoms. The lowest BCUT2D eigenvalue weighted by atomic mass is 10.1. The highest BCUT2D eigenvalue weighted by Gasteiger charge is 2.17. The lowest BCUT2D eigenvalue weighted by Gasteiger charge is -2.30. The Kier molecular flexibility index (Phi) is 7.39. The van der Waals surface area contributed by atoms with Gasteiger partial charge in [0.25, 0.3) is 0 Å². The summed E-state index contributed by atoms with van der Waals surface area (Å²) in [6.45, 7) is 6.01. The Labute approximate surface area is 122 Å². The van der Waals surface area contributed by atoms with Gasteiger partial charge in [0.05, 0.1) is 0 Å². The van der Waals surface area contributed by atoms with Crippen molar-refractivity contribution >= 4 is 11.6 Å². The summed E-state index contributed by atoms with van der Waals surface area (Å²) in [4.78, 5) is 4.65. The molecule has 1 rings (SSSR count). The first kappa shape index (κ1) is 16.4. The number of nitrogens with zero attached hydrogens (tertiary/aromatic N) is 2. The molecule has 0 radical (unpaired) electrons. The standard InChI is InChI=1S/C15H26ClN3/c1-4-19(11-5-10-18(2)3)15(12-17)13-6-8-14(16)9-7-13/h6-9,15H,4-5,10-12,17H2,1-3H3. The largest absolute Gasteiger partial charge is 0.329 e. The highest BCUT2D eigenvalue weighted by Crippen LogP contribution is 2.21. The van der Waals surface area contributed by atoms with Crippen LogP contribution in [-0.4, -0.2) is 50.1 Å². The van der Waals surface area contributed by atoms with E-state index in [0.717, 1.165) is 31.1 Å². The number of halogens is 1. The van der Waals surface area contributed by atoms with Crippen LogP contribution in [0.1, 0.15) is 24.9 Å². The maximum absolute atomic E-state index is 5.97. The van der Waals surface area contributed by atoms with Gasteiger partial charge in [0, 0.05) is 24.2 Å². The van der Waals surface area contributed by atoms with E-state index in [1.165, 1.54) is 5.56 Å². The van der Waals surface area contributed by atoms with Crippen molar-refractivity contribution in [3.8, 4) is 0 Å². The number of benzene rings is 1. The fourth-order valence-electron chi connectivity index (χ4n) is 2.31. The molecule has 0 saturated carbocycles. The van der Waals surface area contributed by atoms with Crippen molar-refractivity contribution in [1.82, 2.24) is 9.80 Å². The van der Waals surface area contributed by atoms with E-state index in [-0.39, 0.29) is 6.04 Å². The van der Waals surface area contributed by atoms with E-state index in [9.17, 15) is 0 Å². The van der Waals surface area contributed by atoms with Crippen molar-refractivity contribution in [3.05, 3.63) is 34.9 Å². The second-order valence-electron chi connectivity index (χ2n) is 5.09. The summed E-state index contributed by atoms with van der Waals surface area (Å²) < 4.78 is 0. The lowest BCUT2D eigenvalue weighted by Crippen LogP contribution is -2.35. The molecule has 0 aliphatic heterocycles. The number of likely N-dealkylation sites (N-methyl/N-ethyl adjacent to an activating group) is 1. The quantitative estimate of drug-likeness (QED) is 0.796. The van der Waals surface area contributed by atoms with Crippen LogP contribution in [-0.2, 0) is 0 Å². The third-order valence-corrected chi connectivity index (χ3v) is 3.63. The maximum Gasteiger partial charge on any atom is 0.0470 e. The SMILES string of the molecule is CCN(CCCN(C)C)C(CN)c1ccc(Cl)cc1. The van der Waals surface area contributed by atoms with Crippen molar-refractivity contribution in [1.29, 1.82) is 0 Å². The molecule has 19 heavy (non-hydrogen) atoms. The number of hydrogen-bond donors (Lipinski definition) is 1. The van der Waals surface area contributed by atoms with Crippen LogP contribution in [0.15, 0.2) is 24.3 Å². The van der Waals surface area contributed by atoms with Gasteiger partial charge in [-0.3, -0.25) is 4.90 Å². The molecule has 0 amide bonds. The Morgan fingerprint density at radius 3 is 2.26 bits per heavy atom. The van der Waals surface area contributed by atoms with E-state index in [1.807, 2.05) is 12.1 Å². The van der Waals surface area contributed by atoms with Gasteiger partial charge >= 0.3 is 0 Å². The highest BCUT2D eigenvalue weighted by molar-refractivity contribution is 6.30.